The molecule has 14 nitrogen and oxygen atoms in total. The number of ether oxygens (including phenoxy) is 2. The average Bonchev–Trinajstić information content (AvgIpc) is 3.54. The number of nitrogens with zero attached hydrogens (tertiary/aromatic N) is 5. The lowest BCUT2D eigenvalue weighted by molar-refractivity contribution is -0.121. The predicted octanol–water partition coefficient (Wildman–Crippen LogP) is 3.45. The molecule has 2 aliphatic heterocycles. The molecule has 0 spiro atoms. The summed E-state index contributed by atoms with van der Waals surface area (Å²) in [5.41, 5.74) is 9.32. The summed E-state index contributed by atoms with van der Waals surface area (Å²) in [6, 6.07) is 15.7. The number of fused-ring (bicyclic) bond motifs is 2. The van der Waals surface area contributed by atoms with Gasteiger partial charge < -0.3 is 39.9 Å². The van der Waals surface area contributed by atoms with E-state index in [-0.39, 0.29) is 67.2 Å². The van der Waals surface area contributed by atoms with Crippen molar-refractivity contribution in [2.24, 2.45) is 5.73 Å². The van der Waals surface area contributed by atoms with Gasteiger partial charge >= 0.3 is 0 Å². The van der Waals surface area contributed by atoms with Gasteiger partial charge in [0.1, 0.15) is 60.5 Å². The maximum Gasteiger partial charge on any atom is 0.291 e. The summed E-state index contributed by atoms with van der Waals surface area (Å²) in [6.07, 6.45) is 3.46. The van der Waals surface area contributed by atoms with E-state index in [9.17, 15) is 28.4 Å². The van der Waals surface area contributed by atoms with Crippen molar-refractivity contribution in [3.8, 4) is 11.5 Å². The molecule has 4 aromatic rings. The largest absolute Gasteiger partial charge is 0.489 e. The fourth-order valence-electron chi connectivity index (χ4n) is 5.66. The van der Waals surface area contributed by atoms with Crippen LogP contribution in [0, 0.1) is 5.82 Å². The zero-order valence-electron chi connectivity index (χ0n) is 30.4. The number of Topliss-reactive ketones (excluding diaryl/α,β-unsaturated/α-hetero) is 2. The molecule has 0 radical (unpaired) electrons. The van der Waals surface area contributed by atoms with Gasteiger partial charge in [-0.1, -0.05) is 30.3 Å². The number of hydrogen-bond donors (Lipinski definition) is 2. The van der Waals surface area contributed by atoms with Crippen LogP contribution in [-0.2, 0) is 38.6 Å². The molecular formula is C38H43ClFN7O7. The van der Waals surface area contributed by atoms with Crippen LogP contribution < -0.4 is 30.3 Å². The number of rotatable bonds is 10. The van der Waals surface area contributed by atoms with Crippen LogP contribution in [0.25, 0.3) is 0 Å². The molecule has 2 atom stereocenters. The van der Waals surface area contributed by atoms with E-state index in [1.165, 1.54) is 33.8 Å². The lowest BCUT2D eigenvalue weighted by atomic mass is 10.1. The summed E-state index contributed by atoms with van der Waals surface area (Å²) in [5.74, 6) is -0.292. The van der Waals surface area contributed by atoms with Gasteiger partial charge in [0.05, 0.1) is 17.9 Å². The van der Waals surface area contributed by atoms with Crippen molar-refractivity contribution in [2.45, 2.75) is 58.2 Å². The van der Waals surface area contributed by atoms with Crippen LogP contribution in [0.4, 0.5) is 15.8 Å². The van der Waals surface area contributed by atoms with Gasteiger partial charge in [-0.15, -0.1) is 17.5 Å². The molecule has 3 amide bonds. The lowest BCUT2D eigenvalue weighted by Gasteiger charge is -2.20. The lowest BCUT2D eigenvalue weighted by Crippen LogP contribution is -2.49. The summed E-state index contributed by atoms with van der Waals surface area (Å²) in [5, 5.41) is 6.72. The SMILES string of the molecule is CC(=O)CCc1ccc2c(c1)N(C)C(=O)C(N)CO2.CC(=O)CCc1ccc2c(c1)N(C)C(=O)C(NC(=O)c1ncn(Cc3ccccc3F)n1)CO2.Cl. The van der Waals surface area contributed by atoms with Crippen molar-refractivity contribution >= 4 is 53.1 Å². The molecule has 3 aromatic carbocycles. The third-order valence-electron chi connectivity index (χ3n) is 8.74. The van der Waals surface area contributed by atoms with E-state index in [1.54, 1.807) is 45.3 Å². The van der Waals surface area contributed by atoms with E-state index in [4.69, 9.17) is 15.2 Å². The molecule has 286 valence electrons. The van der Waals surface area contributed by atoms with Crippen molar-refractivity contribution in [2.75, 3.05) is 37.1 Å². The first-order chi connectivity index (χ1) is 25.3. The van der Waals surface area contributed by atoms with Crippen LogP contribution in [0.5, 0.6) is 11.5 Å². The standard InChI is InChI=1S/C24H24FN5O4.C14H18N2O3.ClH/c1-15(31)7-8-16-9-10-21-20(11-16)29(2)24(33)19(13-34-21)27-23(32)22-26-14-30(28-22)12-17-5-3-4-6-18(17)25;1-9(17)3-4-10-5-6-13-12(7-10)16(2)14(18)11(15)8-19-13;/h3-6,9-11,14,19H,7-8,12-13H2,1-2H3,(H,27,32);5-7,11H,3-4,8,15H2,1-2H3;1H. The Bertz CT molecular complexity index is 2020. The quantitative estimate of drug-likeness (QED) is 0.243. The minimum atomic E-state index is -0.955. The Morgan fingerprint density at radius 3 is 1.98 bits per heavy atom. The second kappa shape index (κ2) is 18.4. The van der Waals surface area contributed by atoms with E-state index in [0.717, 1.165) is 11.1 Å². The number of benzene rings is 3. The number of carbonyl (C=O) groups excluding carboxylic acids is 5. The monoisotopic (exact) mass is 763 g/mol. The van der Waals surface area contributed by atoms with Crippen LogP contribution in [-0.4, -0.2) is 83.4 Å². The fraction of sp³-hybridized carbons (Fsp3) is 0.342. The Kier molecular flexibility index (Phi) is 14.0. The third kappa shape index (κ3) is 10.3. The number of nitrogens with two attached hydrogens (primary N) is 1. The Balaban J connectivity index is 0.000000276. The van der Waals surface area contributed by atoms with Crippen molar-refractivity contribution < 1.29 is 37.8 Å². The Morgan fingerprint density at radius 1 is 0.852 bits per heavy atom. The minimum absolute atomic E-state index is 0. The highest BCUT2D eigenvalue weighted by Gasteiger charge is 2.32. The molecule has 3 heterocycles. The smallest absolute Gasteiger partial charge is 0.291 e. The van der Waals surface area contributed by atoms with Crippen LogP contribution in [0.3, 0.4) is 0 Å². The van der Waals surface area contributed by atoms with Gasteiger partial charge in [-0.3, -0.25) is 14.4 Å². The average molecular weight is 764 g/mol. The summed E-state index contributed by atoms with van der Waals surface area (Å²) >= 11 is 0. The number of aryl methyl sites for hydroxylation is 2. The number of carbonyl (C=O) groups is 5. The molecule has 16 heteroatoms. The minimum Gasteiger partial charge on any atom is -0.489 e. The molecule has 54 heavy (non-hydrogen) atoms. The van der Waals surface area contributed by atoms with Gasteiger partial charge in [0.2, 0.25) is 11.7 Å². The van der Waals surface area contributed by atoms with Gasteiger partial charge in [-0.25, -0.2) is 14.1 Å². The molecular weight excluding hydrogens is 721 g/mol. The first-order valence-corrected chi connectivity index (χ1v) is 17.1. The van der Waals surface area contributed by atoms with Crippen molar-refractivity contribution in [3.05, 3.63) is 95.3 Å². The van der Waals surface area contributed by atoms with Gasteiger partial charge in [-0.05, 0) is 68.1 Å². The highest BCUT2D eigenvalue weighted by atomic mass is 35.5. The first-order valence-electron chi connectivity index (χ1n) is 17.1. The van der Waals surface area contributed by atoms with Crippen molar-refractivity contribution in [3.63, 3.8) is 0 Å². The molecule has 2 unspecified atom stereocenters. The van der Waals surface area contributed by atoms with Gasteiger partial charge in [0, 0.05) is 32.5 Å². The topological polar surface area (TPSA) is 179 Å². The molecule has 0 saturated heterocycles. The van der Waals surface area contributed by atoms with Gasteiger partial charge in [0.15, 0.2) is 0 Å². The van der Waals surface area contributed by atoms with Crippen LogP contribution in [0.2, 0.25) is 0 Å². The normalized spacial score (nSPS) is 16.2. The molecule has 0 aliphatic carbocycles. The fourth-order valence-corrected chi connectivity index (χ4v) is 5.66. The Hall–Kier alpha value is -5.67. The second-order valence-corrected chi connectivity index (χ2v) is 12.9. The van der Waals surface area contributed by atoms with E-state index >= 15 is 0 Å². The zero-order valence-corrected chi connectivity index (χ0v) is 31.2. The number of amides is 3. The molecule has 0 saturated carbocycles. The summed E-state index contributed by atoms with van der Waals surface area (Å²) in [7, 11) is 3.29. The second-order valence-electron chi connectivity index (χ2n) is 12.9. The predicted molar refractivity (Wildman–Crippen MR) is 201 cm³/mol. The van der Waals surface area contributed by atoms with Crippen molar-refractivity contribution in [1.29, 1.82) is 0 Å². The molecule has 2 aliphatic rings. The Labute approximate surface area is 318 Å². The highest BCUT2D eigenvalue weighted by Crippen LogP contribution is 2.33. The molecule has 6 rings (SSSR count). The van der Waals surface area contributed by atoms with Crippen LogP contribution in [0.1, 0.15) is 54.0 Å². The summed E-state index contributed by atoms with van der Waals surface area (Å²) in [4.78, 5) is 66.9. The highest BCUT2D eigenvalue weighted by molar-refractivity contribution is 6.02. The number of hydrogen-bond acceptors (Lipinski definition) is 10. The van der Waals surface area contributed by atoms with E-state index in [2.05, 4.69) is 15.4 Å². The van der Waals surface area contributed by atoms with Crippen LogP contribution >= 0.6 is 12.4 Å². The zero-order chi connectivity index (χ0) is 38.2. The number of ketones is 2. The van der Waals surface area contributed by atoms with E-state index < -0.39 is 18.0 Å². The number of likely N-dealkylation sites (N-methyl/N-ethyl adjacent to an activating group) is 2. The van der Waals surface area contributed by atoms with E-state index in [0.29, 0.717) is 54.1 Å². The number of halogens is 2. The number of aromatic nitrogens is 3. The van der Waals surface area contributed by atoms with E-state index in [1.807, 2.05) is 30.3 Å². The first kappa shape index (κ1) is 41.1. The molecule has 3 N–H and O–H groups in total. The van der Waals surface area contributed by atoms with Gasteiger partial charge in [0.25, 0.3) is 11.8 Å². The Morgan fingerprint density at radius 2 is 1.41 bits per heavy atom. The summed E-state index contributed by atoms with van der Waals surface area (Å²) < 4.78 is 26.5. The molecule has 1 aromatic heterocycles. The molecule has 0 bridgehead atoms. The number of nitrogens with one attached hydrogen (secondary N) is 1. The molecule has 0 fully saturated rings. The van der Waals surface area contributed by atoms with Gasteiger partial charge in [-0.2, -0.15) is 0 Å². The van der Waals surface area contributed by atoms with Crippen LogP contribution in [0.15, 0.2) is 67.0 Å². The summed E-state index contributed by atoms with van der Waals surface area (Å²) in [6.45, 7) is 3.34. The maximum atomic E-state index is 13.9. The number of anilines is 2. The van der Waals surface area contributed by atoms with Crippen molar-refractivity contribution in [1.82, 2.24) is 20.1 Å². The maximum absolute atomic E-state index is 13.9. The third-order valence-corrected chi connectivity index (χ3v) is 8.74.